The Hall–Kier alpha value is -0.770. The van der Waals surface area contributed by atoms with Crippen molar-refractivity contribution in [3.05, 3.63) is 28.8 Å². The van der Waals surface area contributed by atoms with Gasteiger partial charge in [-0.1, -0.05) is 24.6 Å². The second-order valence-corrected chi connectivity index (χ2v) is 5.69. The third-order valence-electron chi connectivity index (χ3n) is 3.62. The van der Waals surface area contributed by atoms with Crippen LogP contribution in [-0.2, 0) is 11.3 Å². The fourth-order valence-electron chi connectivity index (χ4n) is 2.44. The first-order chi connectivity index (χ1) is 9.20. The van der Waals surface area contributed by atoms with Crippen LogP contribution in [0.3, 0.4) is 0 Å². The van der Waals surface area contributed by atoms with Crippen LogP contribution in [0.1, 0.15) is 18.9 Å². The molecule has 1 fully saturated rings. The molecule has 0 aromatic heterocycles. The van der Waals surface area contributed by atoms with Gasteiger partial charge in [0, 0.05) is 44.0 Å². The molecule has 1 heterocycles. The van der Waals surface area contributed by atoms with E-state index in [1.54, 1.807) is 7.11 Å². The summed E-state index contributed by atoms with van der Waals surface area (Å²) in [4.78, 5) is 2.42. The van der Waals surface area contributed by atoms with Crippen LogP contribution in [0.25, 0.3) is 0 Å². The van der Waals surface area contributed by atoms with Crippen molar-refractivity contribution in [1.82, 2.24) is 5.32 Å². The molecule has 0 radical (unpaired) electrons. The molecule has 2 rings (SSSR count). The quantitative estimate of drug-likeness (QED) is 0.812. The van der Waals surface area contributed by atoms with Crippen LogP contribution in [0.4, 0.5) is 5.69 Å². The Morgan fingerprint density at radius 1 is 1.47 bits per heavy atom. The van der Waals surface area contributed by atoms with Crippen molar-refractivity contribution in [3.63, 3.8) is 0 Å². The number of methoxy groups -OCH3 is 1. The summed E-state index contributed by atoms with van der Waals surface area (Å²) in [5, 5.41) is 4.17. The molecule has 1 aromatic carbocycles. The van der Waals surface area contributed by atoms with E-state index < -0.39 is 0 Å². The lowest BCUT2D eigenvalue weighted by atomic mass is 10.1. The van der Waals surface area contributed by atoms with Crippen molar-refractivity contribution < 1.29 is 4.74 Å². The normalized spacial score (nSPS) is 19.1. The fraction of sp³-hybridized carbons (Fsp3) is 0.600. The molecule has 19 heavy (non-hydrogen) atoms. The summed E-state index contributed by atoms with van der Waals surface area (Å²) < 4.78 is 5.00. The first-order valence-electron chi connectivity index (χ1n) is 6.93. The Bertz CT molecular complexity index is 411. The highest BCUT2D eigenvalue weighted by Gasteiger charge is 2.19. The number of nitrogens with zero attached hydrogens (tertiary/aromatic N) is 1. The highest BCUT2D eigenvalue weighted by atomic mass is 35.5. The van der Waals surface area contributed by atoms with Crippen LogP contribution in [0.5, 0.6) is 0 Å². The molecule has 4 heteroatoms. The van der Waals surface area contributed by atoms with E-state index in [4.69, 9.17) is 16.3 Å². The number of hydrogen-bond donors (Lipinski definition) is 1. The van der Waals surface area contributed by atoms with Crippen LogP contribution in [0.2, 0.25) is 5.02 Å². The summed E-state index contributed by atoms with van der Waals surface area (Å²) in [6, 6.07) is 6.39. The van der Waals surface area contributed by atoms with Gasteiger partial charge >= 0.3 is 0 Å². The molecule has 3 nitrogen and oxygen atoms in total. The van der Waals surface area contributed by atoms with Gasteiger partial charge in [0.05, 0.1) is 6.61 Å². The molecule has 1 atom stereocenters. The molecule has 0 aliphatic carbocycles. The fourth-order valence-corrected chi connectivity index (χ4v) is 2.68. The third-order valence-corrected chi connectivity index (χ3v) is 3.98. The maximum Gasteiger partial charge on any atom is 0.0587 e. The summed E-state index contributed by atoms with van der Waals surface area (Å²) in [7, 11) is 1.71. The van der Waals surface area contributed by atoms with Gasteiger partial charge < -0.3 is 15.0 Å². The SMILES string of the molecule is COCCNCc1ccc(N2CCC(C)C2)cc1Cl. The second-order valence-electron chi connectivity index (χ2n) is 5.29. The number of hydrogen-bond acceptors (Lipinski definition) is 3. The van der Waals surface area contributed by atoms with Crippen molar-refractivity contribution in [1.29, 1.82) is 0 Å². The van der Waals surface area contributed by atoms with Crippen LogP contribution >= 0.6 is 11.6 Å². The largest absolute Gasteiger partial charge is 0.383 e. The molecule has 0 spiro atoms. The van der Waals surface area contributed by atoms with E-state index in [-0.39, 0.29) is 0 Å². The van der Waals surface area contributed by atoms with E-state index in [1.165, 1.54) is 12.1 Å². The zero-order valence-corrected chi connectivity index (χ0v) is 12.5. The molecule has 1 saturated heterocycles. The van der Waals surface area contributed by atoms with Gasteiger partial charge in [-0.25, -0.2) is 0 Å². The predicted octanol–water partition coefficient (Wildman–Crippen LogP) is 2.92. The highest BCUT2D eigenvalue weighted by Crippen LogP contribution is 2.27. The summed E-state index contributed by atoms with van der Waals surface area (Å²) in [5.41, 5.74) is 2.39. The Morgan fingerprint density at radius 3 is 2.95 bits per heavy atom. The molecule has 0 bridgehead atoms. The Balaban J connectivity index is 1.93. The van der Waals surface area contributed by atoms with Crippen molar-refractivity contribution in [2.24, 2.45) is 5.92 Å². The molecule has 0 saturated carbocycles. The maximum absolute atomic E-state index is 6.36. The second kappa shape index (κ2) is 7.13. The number of nitrogens with one attached hydrogen (secondary N) is 1. The summed E-state index contributed by atoms with van der Waals surface area (Å²) >= 11 is 6.36. The number of ether oxygens (including phenoxy) is 1. The van der Waals surface area contributed by atoms with Crippen molar-refractivity contribution in [2.75, 3.05) is 38.3 Å². The van der Waals surface area contributed by atoms with Crippen molar-refractivity contribution in [3.8, 4) is 0 Å². The van der Waals surface area contributed by atoms with E-state index >= 15 is 0 Å². The van der Waals surface area contributed by atoms with Gasteiger partial charge in [-0.3, -0.25) is 0 Å². The Kier molecular flexibility index (Phi) is 5.49. The number of halogens is 1. The first kappa shape index (κ1) is 14.6. The van der Waals surface area contributed by atoms with Crippen molar-refractivity contribution in [2.45, 2.75) is 19.9 Å². The van der Waals surface area contributed by atoms with Gasteiger partial charge in [0.25, 0.3) is 0 Å². The molecular formula is C15H23ClN2O. The van der Waals surface area contributed by atoms with Gasteiger partial charge in [0.2, 0.25) is 0 Å². The number of anilines is 1. The molecule has 1 N–H and O–H groups in total. The zero-order chi connectivity index (χ0) is 13.7. The summed E-state index contributed by atoms with van der Waals surface area (Å²) in [5.74, 6) is 0.786. The van der Waals surface area contributed by atoms with Gasteiger partial charge in [0.15, 0.2) is 0 Å². The van der Waals surface area contributed by atoms with E-state index in [0.29, 0.717) is 0 Å². The van der Waals surface area contributed by atoms with E-state index in [0.717, 1.165) is 49.3 Å². The molecular weight excluding hydrogens is 260 g/mol. The average molecular weight is 283 g/mol. The summed E-state index contributed by atoms with van der Waals surface area (Å²) in [6.45, 7) is 6.94. The van der Waals surface area contributed by atoms with Crippen LogP contribution in [0, 0.1) is 5.92 Å². The van der Waals surface area contributed by atoms with E-state index in [9.17, 15) is 0 Å². The zero-order valence-electron chi connectivity index (χ0n) is 11.8. The van der Waals surface area contributed by atoms with Crippen molar-refractivity contribution >= 4 is 17.3 Å². The smallest absolute Gasteiger partial charge is 0.0587 e. The lowest BCUT2D eigenvalue weighted by Gasteiger charge is -2.19. The molecule has 1 aliphatic heterocycles. The average Bonchev–Trinajstić information content (AvgIpc) is 2.83. The minimum absolute atomic E-state index is 0.724. The molecule has 1 aliphatic rings. The Morgan fingerprint density at radius 2 is 2.32 bits per heavy atom. The topological polar surface area (TPSA) is 24.5 Å². The maximum atomic E-state index is 6.36. The lowest BCUT2D eigenvalue weighted by molar-refractivity contribution is 0.199. The Labute approximate surface area is 120 Å². The van der Waals surface area contributed by atoms with E-state index in [1.807, 2.05) is 0 Å². The van der Waals surface area contributed by atoms with Crippen LogP contribution in [0.15, 0.2) is 18.2 Å². The molecule has 1 aromatic rings. The number of benzene rings is 1. The van der Waals surface area contributed by atoms with Crippen LogP contribution < -0.4 is 10.2 Å². The first-order valence-corrected chi connectivity index (χ1v) is 7.31. The minimum Gasteiger partial charge on any atom is -0.383 e. The van der Waals surface area contributed by atoms with E-state index in [2.05, 4.69) is 35.3 Å². The monoisotopic (exact) mass is 282 g/mol. The van der Waals surface area contributed by atoms with Gasteiger partial charge in [-0.05, 0) is 30.0 Å². The number of rotatable bonds is 6. The predicted molar refractivity (Wildman–Crippen MR) is 81.0 cm³/mol. The molecule has 0 amide bonds. The lowest BCUT2D eigenvalue weighted by Crippen LogP contribution is -2.20. The van der Waals surface area contributed by atoms with Gasteiger partial charge in [0.1, 0.15) is 0 Å². The van der Waals surface area contributed by atoms with Gasteiger partial charge in [-0.15, -0.1) is 0 Å². The standard InChI is InChI=1S/C15H23ClN2O/c1-12-5-7-18(11-12)14-4-3-13(15(16)9-14)10-17-6-8-19-2/h3-4,9,12,17H,5-8,10-11H2,1-2H3. The third kappa shape index (κ3) is 4.10. The molecule has 1 unspecified atom stereocenters. The summed E-state index contributed by atoms with van der Waals surface area (Å²) in [6.07, 6.45) is 1.28. The molecule has 106 valence electrons. The minimum atomic E-state index is 0.724. The van der Waals surface area contributed by atoms with Crippen LogP contribution in [-0.4, -0.2) is 33.4 Å². The van der Waals surface area contributed by atoms with Gasteiger partial charge in [-0.2, -0.15) is 0 Å². The highest BCUT2D eigenvalue weighted by molar-refractivity contribution is 6.31.